The summed E-state index contributed by atoms with van der Waals surface area (Å²) in [6, 6.07) is 29.7. The van der Waals surface area contributed by atoms with Crippen molar-refractivity contribution < 1.29 is 5.11 Å². The van der Waals surface area contributed by atoms with Crippen LogP contribution in [0.15, 0.2) is 84.9 Å². The number of fused-ring (bicyclic) bond motifs is 6. The van der Waals surface area contributed by atoms with Crippen LogP contribution in [0.25, 0.3) is 40.3 Å². The summed E-state index contributed by atoms with van der Waals surface area (Å²) in [5.41, 5.74) is 0.786. The number of rotatable bonds is 2. The van der Waals surface area contributed by atoms with Crippen molar-refractivity contribution >= 4 is 63.0 Å². The van der Waals surface area contributed by atoms with Gasteiger partial charge in [0.05, 0.1) is 0 Å². The van der Waals surface area contributed by atoms with Crippen molar-refractivity contribution in [2.45, 2.75) is 12.5 Å². The Labute approximate surface area is 176 Å². The van der Waals surface area contributed by atoms with Gasteiger partial charge in [-0.25, -0.2) is 0 Å². The molecular formula is C26H18OS2. The van der Waals surface area contributed by atoms with Crippen LogP contribution in [0.2, 0.25) is 0 Å². The molecule has 140 valence electrons. The third-order valence-electron chi connectivity index (χ3n) is 5.88. The quantitative estimate of drug-likeness (QED) is 0.310. The van der Waals surface area contributed by atoms with Gasteiger partial charge in [0.25, 0.3) is 0 Å². The van der Waals surface area contributed by atoms with E-state index >= 15 is 0 Å². The SMILES string of the molecule is CC(O)(c1ccc2sc3ccccc3c2c1)c1ccc2sc3ccccc3c2c1. The molecule has 1 N–H and O–H groups in total. The molecule has 0 saturated heterocycles. The first kappa shape index (κ1) is 17.2. The van der Waals surface area contributed by atoms with E-state index in [1.54, 1.807) is 22.7 Å². The van der Waals surface area contributed by atoms with Crippen molar-refractivity contribution in [2.75, 3.05) is 0 Å². The third kappa shape index (κ3) is 2.55. The molecule has 0 radical (unpaired) electrons. The molecule has 29 heavy (non-hydrogen) atoms. The molecule has 6 rings (SSSR count). The van der Waals surface area contributed by atoms with Gasteiger partial charge >= 0.3 is 0 Å². The summed E-state index contributed by atoms with van der Waals surface area (Å²) in [5, 5.41) is 16.5. The van der Waals surface area contributed by atoms with E-state index in [0.29, 0.717) is 0 Å². The Morgan fingerprint density at radius 2 is 0.966 bits per heavy atom. The van der Waals surface area contributed by atoms with Crippen molar-refractivity contribution in [3.05, 3.63) is 96.1 Å². The standard InChI is InChI=1S/C26H18OS2/c1-26(27,16-10-12-24-20(14-16)18-6-2-4-8-22(18)28-24)17-11-13-25-21(15-17)19-7-3-5-9-23(19)29-25/h2-15,27H,1H3. The number of hydrogen-bond donors (Lipinski definition) is 1. The Morgan fingerprint density at radius 1 is 0.552 bits per heavy atom. The summed E-state index contributed by atoms with van der Waals surface area (Å²) in [7, 11) is 0. The molecule has 2 aromatic heterocycles. The number of aliphatic hydroxyl groups is 1. The van der Waals surface area contributed by atoms with E-state index in [9.17, 15) is 5.11 Å². The minimum atomic E-state index is -1.06. The van der Waals surface area contributed by atoms with E-state index in [-0.39, 0.29) is 0 Å². The van der Waals surface area contributed by atoms with Crippen LogP contribution in [-0.2, 0) is 5.60 Å². The monoisotopic (exact) mass is 410 g/mol. The lowest BCUT2D eigenvalue weighted by atomic mass is 9.87. The molecule has 0 atom stereocenters. The first-order valence-corrected chi connectivity index (χ1v) is 11.3. The summed E-state index contributed by atoms with van der Waals surface area (Å²) in [5.74, 6) is 0. The molecule has 0 bridgehead atoms. The second-order valence-corrected chi connectivity index (χ2v) is 9.86. The molecule has 0 aliphatic heterocycles. The van der Waals surface area contributed by atoms with Crippen molar-refractivity contribution in [1.82, 2.24) is 0 Å². The second kappa shape index (κ2) is 6.14. The Bertz CT molecular complexity index is 1420. The van der Waals surface area contributed by atoms with Crippen LogP contribution in [0.1, 0.15) is 18.1 Å². The molecular weight excluding hydrogens is 392 g/mol. The Kier molecular flexibility index (Phi) is 3.63. The molecule has 0 unspecified atom stereocenters. The van der Waals surface area contributed by atoms with E-state index in [1.807, 2.05) is 6.92 Å². The first-order valence-electron chi connectivity index (χ1n) is 9.67. The molecule has 6 aromatic rings. The molecule has 4 aromatic carbocycles. The van der Waals surface area contributed by atoms with Gasteiger partial charge in [0, 0.05) is 40.3 Å². The van der Waals surface area contributed by atoms with Gasteiger partial charge in [0.2, 0.25) is 0 Å². The van der Waals surface area contributed by atoms with Gasteiger partial charge in [-0.3, -0.25) is 0 Å². The summed E-state index contributed by atoms with van der Waals surface area (Å²) < 4.78 is 5.07. The highest BCUT2D eigenvalue weighted by Crippen LogP contribution is 2.40. The molecule has 2 heterocycles. The van der Waals surface area contributed by atoms with Gasteiger partial charge in [-0.05, 0) is 54.4 Å². The minimum Gasteiger partial charge on any atom is -0.381 e. The van der Waals surface area contributed by atoms with Gasteiger partial charge in [-0.2, -0.15) is 0 Å². The molecule has 0 saturated carbocycles. The highest BCUT2D eigenvalue weighted by atomic mass is 32.1. The highest BCUT2D eigenvalue weighted by Gasteiger charge is 2.27. The summed E-state index contributed by atoms with van der Waals surface area (Å²) in [4.78, 5) is 0. The molecule has 0 aliphatic rings. The zero-order chi connectivity index (χ0) is 19.6. The molecule has 3 heteroatoms. The van der Waals surface area contributed by atoms with Crippen molar-refractivity contribution in [3.8, 4) is 0 Å². The Hall–Kier alpha value is -2.72. The maximum Gasteiger partial charge on any atom is 0.112 e. The molecule has 1 nitrogen and oxygen atoms in total. The van der Waals surface area contributed by atoms with E-state index in [0.717, 1.165) is 11.1 Å². The van der Waals surface area contributed by atoms with Gasteiger partial charge in [0.1, 0.15) is 5.60 Å². The second-order valence-electron chi connectivity index (χ2n) is 7.69. The van der Waals surface area contributed by atoms with Gasteiger partial charge in [-0.15, -0.1) is 22.7 Å². The van der Waals surface area contributed by atoms with Gasteiger partial charge < -0.3 is 5.11 Å². The average Bonchev–Trinajstić information content (AvgIpc) is 3.31. The van der Waals surface area contributed by atoms with Crippen LogP contribution in [0, 0.1) is 0 Å². The number of thiophene rings is 2. The summed E-state index contributed by atoms with van der Waals surface area (Å²) in [6.07, 6.45) is 0. The lowest BCUT2D eigenvalue weighted by molar-refractivity contribution is 0.103. The smallest absolute Gasteiger partial charge is 0.112 e. The average molecular weight is 411 g/mol. The van der Waals surface area contributed by atoms with Crippen LogP contribution < -0.4 is 0 Å². The van der Waals surface area contributed by atoms with Gasteiger partial charge in [-0.1, -0.05) is 48.5 Å². The van der Waals surface area contributed by atoms with Crippen molar-refractivity contribution in [3.63, 3.8) is 0 Å². The van der Waals surface area contributed by atoms with E-state index in [1.165, 1.54) is 40.3 Å². The normalized spacial score (nSPS) is 12.5. The summed E-state index contributed by atoms with van der Waals surface area (Å²) in [6.45, 7) is 1.90. The van der Waals surface area contributed by atoms with Crippen molar-refractivity contribution in [2.24, 2.45) is 0 Å². The number of hydrogen-bond acceptors (Lipinski definition) is 3. The van der Waals surface area contributed by atoms with Crippen LogP contribution in [0.4, 0.5) is 0 Å². The van der Waals surface area contributed by atoms with E-state index < -0.39 is 5.60 Å². The fourth-order valence-corrected chi connectivity index (χ4v) is 6.40. The molecule has 0 spiro atoms. The highest BCUT2D eigenvalue weighted by molar-refractivity contribution is 7.26. The molecule has 0 amide bonds. The van der Waals surface area contributed by atoms with Crippen LogP contribution in [0.3, 0.4) is 0 Å². The molecule has 0 fully saturated rings. The zero-order valence-electron chi connectivity index (χ0n) is 15.8. The van der Waals surface area contributed by atoms with E-state index in [2.05, 4.69) is 84.9 Å². The fraction of sp³-hybridized carbons (Fsp3) is 0.0769. The third-order valence-corrected chi connectivity index (χ3v) is 8.18. The van der Waals surface area contributed by atoms with Crippen LogP contribution >= 0.6 is 22.7 Å². The van der Waals surface area contributed by atoms with Gasteiger partial charge in [0.15, 0.2) is 0 Å². The largest absolute Gasteiger partial charge is 0.381 e. The zero-order valence-corrected chi connectivity index (χ0v) is 17.5. The maximum absolute atomic E-state index is 11.6. The Morgan fingerprint density at radius 3 is 1.45 bits per heavy atom. The fourth-order valence-electron chi connectivity index (χ4n) is 4.22. The lowest BCUT2D eigenvalue weighted by Gasteiger charge is -2.25. The van der Waals surface area contributed by atoms with Crippen LogP contribution in [-0.4, -0.2) is 5.11 Å². The molecule has 0 aliphatic carbocycles. The summed E-state index contributed by atoms with van der Waals surface area (Å²) >= 11 is 3.60. The number of benzene rings is 4. The predicted molar refractivity (Wildman–Crippen MR) is 127 cm³/mol. The van der Waals surface area contributed by atoms with Crippen molar-refractivity contribution in [1.29, 1.82) is 0 Å². The van der Waals surface area contributed by atoms with E-state index in [4.69, 9.17) is 0 Å². The topological polar surface area (TPSA) is 20.2 Å². The van der Waals surface area contributed by atoms with Crippen LogP contribution in [0.5, 0.6) is 0 Å². The Balaban J connectivity index is 1.55. The maximum atomic E-state index is 11.6. The first-order chi connectivity index (χ1) is 14.1. The predicted octanol–water partition coefficient (Wildman–Crippen LogP) is 7.68. The minimum absolute atomic E-state index is 0.924. The lowest BCUT2D eigenvalue weighted by Crippen LogP contribution is -2.22.